The van der Waals surface area contributed by atoms with Crippen LogP contribution in [0.25, 0.3) is 0 Å². The van der Waals surface area contributed by atoms with Crippen LogP contribution >= 0.6 is 0 Å². The van der Waals surface area contributed by atoms with E-state index in [1.165, 1.54) is 12.8 Å². The van der Waals surface area contributed by atoms with Crippen LogP contribution in [-0.4, -0.2) is 46.6 Å². The highest BCUT2D eigenvalue weighted by Crippen LogP contribution is 2.03. The van der Waals surface area contributed by atoms with Gasteiger partial charge in [0.2, 0.25) is 0 Å². The Bertz CT molecular complexity index is 310. The number of hydrogen-bond acceptors (Lipinski definition) is 4. The van der Waals surface area contributed by atoms with Gasteiger partial charge in [0.05, 0.1) is 12.2 Å². The molecule has 1 N–H and O–H groups in total. The van der Waals surface area contributed by atoms with Crippen molar-refractivity contribution in [1.82, 2.24) is 25.2 Å². The van der Waals surface area contributed by atoms with Crippen molar-refractivity contribution in [2.24, 2.45) is 0 Å². The van der Waals surface area contributed by atoms with Crippen molar-refractivity contribution in [3.05, 3.63) is 11.9 Å². The third-order valence-corrected chi connectivity index (χ3v) is 3.08. The Morgan fingerprint density at radius 1 is 1.53 bits per heavy atom. The molecule has 1 rings (SSSR count). The van der Waals surface area contributed by atoms with Crippen molar-refractivity contribution >= 4 is 0 Å². The molecule has 0 amide bonds. The first-order chi connectivity index (χ1) is 8.17. The number of rotatable bonds is 8. The molecule has 0 saturated heterocycles. The molecule has 0 aromatic carbocycles. The zero-order valence-corrected chi connectivity index (χ0v) is 11.5. The molecule has 1 heterocycles. The second-order valence-electron chi connectivity index (χ2n) is 4.62. The predicted octanol–water partition coefficient (Wildman–Crippen LogP) is 1.12. The van der Waals surface area contributed by atoms with E-state index in [1.54, 1.807) is 0 Å². The van der Waals surface area contributed by atoms with Crippen LogP contribution in [0, 0.1) is 0 Å². The van der Waals surface area contributed by atoms with Gasteiger partial charge in [-0.05, 0) is 27.4 Å². The monoisotopic (exact) mass is 239 g/mol. The number of nitrogens with one attached hydrogen (secondary N) is 1. The van der Waals surface area contributed by atoms with Gasteiger partial charge in [-0.3, -0.25) is 4.68 Å². The summed E-state index contributed by atoms with van der Waals surface area (Å²) in [6.45, 7) is 7.20. The van der Waals surface area contributed by atoms with E-state index < -0.39 is 0 Å². The Kier molecular flexibility index (Phi) is 6.15. The molecule has 5 nitrogen and oxygen atoms in total. The fourth-order valence-electron chi connectivity index (χ4n) is 1.83. The summed E-state index contributed by atoms with van der Waals surface area (Å²) in [6.07, 6.45) is 4.49. The Balaban J connectivity index is 2.33. The fraction of sp³-hybridized carbons (Fsp3) is 0.833. The van der Waals surface area contributed by atoms with E-state index in [-0.39, 0.29) is 0 Å². The summed E-state index contributed by atoms with van der Waals surface area (Å²) >= 11 is 0. The van der Waals surface area contributed by atoms with E-state index >= 15 is 0 Å². The highest BCUT2D eigenvalue weighted by Gasteiger charge is 2.08. The lowest BCUT2D eigenvalue weighted by Gasteiger charge is -2.23. The number of aromatic nitrogens is 3. The maximum Gasteiger partial charge on any atom is 0.0964 e. The Labute approximate surface area is 104 Å². The third-order valence-electron chi connectivity index (χ3n) is 3.08. The lowest BCUT2D eigenvalue weighted by atomic mass is 10.2. The molecule has 17 heavy (non-hydrogen) atoms. The normalized spacial score (nSPS) is 13.2. The summed E-state index contributed by atoms with van der Waals surface area (Å²) in [4.78, 5) is 2.38. The van der Waals surface area contributed by atoms with Crippen LogP contribution in [0.5, 0.6) is 0 Å². The van der Waals surface area contributed by atoms with Gasteiger partial charge in [0.25, 0.3) is 0 Å². The van der Waals surface area contributed by atoms with E-state index in [9.17, 15) is 0 Å². The zero-order valence-electron chi connectivity index (χ0n) is 11.5. The molecular weight excluding hydrogens is 214 g/mol. The van der Waals surface area contributed by atoms with Crippen molar-refractivity contribution in [2.45, 2.75) is 45.8 Å². The molecule has 0 aliphatic heterocycles. The largest absolute Gasteiger partial charge is 0.314 e. The van der Waals surface area contributed by atoms with Crippen molar-refractivity contribution in [1.29, 1.82) is 0 Å². The molecule has 0 fully saturated rings. The van der Waals surface area contributed by atoms with Crippen LogP contribution in [0.4, 0.5) is 0 Å². The number of hydrogen-bond donors (Lipinski definition) is 1. The summed E-state index contributed by atoms with van der Waals surface area (Å²) < 4.78 is 1.92. The Morgan fingerprint density at radius 2 is 2.29 bits per heavy atom. The SMILES string of the molecule is CCCC(C)N(C)CCn1cc(CNC)nn1. The van der Waals surface area contributed by atoms with Crippen LogP contribution in [-0.2, 0) is 13.1 Å². The van der Waals surface area contributed by atoms with E-state index in [0.717, 1.165) is 25.3 Å². The predicted molar refractivity (Wildman–Crippen MR) is 69.8 cm³/mol. The van der Waals surface area contributed by atoms with Gasteiger partial charge in [0, 0.05) is 25.3 Å². The quantitative estimate of drug-likeness (QED) is 0.738. The van der Waals surface area contributed by atoms with E-state index in [2.05, 4.69) is 41.4 Å². The van der Waals surface area contributed by atoms with Crippen molar-refractivity contribution in [3.63, 3.8) is 0 Å². The van der Waals surface area contributed by atoms with Crippen LogP contribution in [0.15, 0.2) is 6.20 Å². The molecule has 1 aromatic rings. The minimum atomic E-state index is 0.639. The van der Waals surface area contributed by atoms with E-state index in [1.807, 2.05) is 17.9 Å². The van der Waals surface area contributed by atoms with Gasteiger partial charge in [0.1, 0.15) is 0 Å². The molecule has 0 bridgehead atoms. The molecule has 5 heteroatoms. The first-order valence-corrected chi connectivity index (χ1v) is 6.41. The number of nitrogens with zero attached hydrogens (tertiary/aromatic N) is 4. The smallest absolute Gasteiger partial charge is 0.0964 e. The van der Waals surface area contributed by atoms with Crippen LogP contribution in [0.2, 0.25) is 0 Å². The zero-order chi connectivity index (χ0) is 12.7. The summed E-state index contributed by atoms with van der Waals surface area (Å²) in [5.41, 5.74) is 0.997. The summed E-state index contributed by atoms with van der Waals surface area (Å²) in [5.74, 6) is 0. The van der Waals surface area contributed by atoms with Gasteiger partial charge >= 0.3 is 0 Å². The molecule has 0 saturated carbocycles. The second-order valence-corrected chi connectivity index (χ2v) is 4.62. The summed E-state index contributed by atoms with van der Waals surface area (Å²) in [7, 11) is 4.09. The first kappa shape index (κ1) is 14.1. The lowest BCUT2D eigenvalue weighted by Crippen LogP contribution is -2.32. The molecular formula is C12H25N5. The van der Waals surface area contributed by atoms with E-state index in [0.29, 0.717) is 6.04 Å². The lowest BCUT2D eigenvalue weighted by molar-refractivity contribution is 0.232. The van der Waals surface area contributed by atoms with Gasteiger partial charge in [-0.15, -0.1) is 5.10 Å². The average molecular weight is 239 g/mol. The van der Waals surface area contributed by atoms with Gasteiger partial charge in [0.15, 0.2) is 0 Å². The van der Waals surface area contributed by atoms with E-state index in [4.69, 9.17) is 0 Å². The molecule has 98 valence electrons. The second kappa shape index (κ2) is 7.40. The minimum absolute atomic E-state index is 0.639. The maximum absolute atomic E-state index is 4.11. The fourth-order valence-corrected chi connectivity index (χ4v) is 1.83. The van der Waals surface area contributed by atoms with Crippen LogP contribution in [0.1, 0.15) is 32.4 Å². The topological polar surface area (TPSA) is 46.0 Å². The van der Waals surface area contributed by atoms with Gasteiger partial charge in [-0.2, -0.15) is 0 Å². The van der Waals surface area contributed by atoms with Crippen molar-refractivity contribution < 1.29 is 0 Å². The van der Waals surface area contributed by atoms with Crippen molar-refractivity contribution in [3.8, 4) is 0 Å². The Morgan fingerprint density at radius 3 is 2.94 bits per heavy atom. The highest BCUT2D eigenvalue weighted by atomic mass is 15.4. The molecule has 0 radical (unpaired) electrons. The molecule has 1 unspecified atom stereocenters. The third kappa shape index (κ3) is 4.83. The molecule has 0 aliphatic rings. The van der Waals surface area contributed by atoms with Crippen LogP contribution in [0.3, 0.4) is 0 Å². The minimum Gasteiger partial charge on any atom is -0.314 e. The molecule has 1 atom stereocenters. The van der Waals surface area contributed by atoms with Gasteiger partial charge < -0.3 is 10.2 Å². The average Bonchev–Trinajstić information content (AvgIpc) is 2.74. The van der Waals surface area contributed by atoms with Crippen molar-refractivity contribution in [2.75, 3.05) is 20.6 Å². The summed E-state index contributed by atoms with van der Waals surface area (Å²) in [6, 6.07) is 0.639. The molecule has 0 spiro atoms. The Hall–Kier alpha value is -0.940. The maximum atomic E-state index is 4.11. The van der Waals surface area contributed by atoms with Crippen LogP contribution < -0.4 is 5.32 Å². The molecule has 0 aliphatic carbocycles. The number of likely N-dealkylation sites (N-methyl/N-ethyl adjacent to an activating group) is 1. The summed E-state index contributed by atoms with van der Waals surface area (Å²) in [5, 5.41) is 11.3. The van der Waals surface area contributed by atoms with Gasteiger partial charge in [-0.25, -0.2) is 0 Å². The standard InChI is InChI=1S/C12H25N5/c1-5-6-11(2)16(4)7-8-17-10-12(9-13-3)14-15-17/h10-11,13H,5-9H2,1-4H3. The van der Waals surface area contributed by atoms with Gasteiger partial charge in [-0.1, -0.05) is 18.6 Å². The first-order valence-electron chi connectivity index (χ1n) is 6.41. The molecule has 1 aromatic heterocycles. The highest BCUT2D eigenvalue weighted by molar-refractivity contribution is 4.91.